The molecule has 0 bridgehead atoms. The molecular weight excluding hydrogens is 366 g/mol. The maximum absolute atomic E-state index is 12.1. The van der Waals surface area contributed by atoms with Gasteiger partial charge in [0.25, 0.3) is 17.5 Å². The minimum absolute atomic E-state index is 0.00641. The number of nitro benzene ring substituents is 1. The van der Waals surface area contributed by atoms with Gasteiger partial charge in [0.05, 0.1) is 4.92 Å². The first-order valence-electron chi connectivity index (χ1n) is 8.36. The van der Waals surface area contributed by atoms with Crippen LogP contribution in [-0.4, -0.2) is 35.4 Å². The van der Waals surface area contributed by atoms with Crippen molar-refractivity contribution >= 4 is 29.2 Å². The summed E-state index contributed by atoms with van der Waals surface area (Å²) in [4.78, 5) is 46.3. The molecule has 9 nitrogen and oxygen atoms in total. The fraction of sp³-hybridized carbons (Fsp3) is 0.211. The fourth-order valence-corrected chi connectivity index (χ4v) is 2.22. The Morgan fingerprint density at radius 3 is 2.39 bits per heavy atom. The molecule has 2 aromatic carbocycles. The highest BCUT2D eigenvalue weighted by molar-refractivity contribution is 5.98. The third kappa shape index (κ3) is 5.63. The molecule has 0 spiro atoms. The van der Waals surface area contributed by atoms with E-state index in [0.29, 0.717) is 5.56 Å². The first-order chi connectivity index (χ1) is 13.3. The third-order valence-electron chi connectivity index (χ3n) is 3.74. The molecule has 9 heteroatoms. The molecule has 146 valence electrons. The van der Waals surface area contributed by atoms with Gasteiger partial charge in [-0.15, -0.1) is 0 Å². The van der Waals surface area contributed by atoms with E-state index in [9.17, 15) is 24.5 Å². The van der Waals surface area contributed by atoms with Crippen molar-refractivity contribution in [3.8, 4) is 0 Å². The van der Waals surface area contributed by atoms with Crippen LogP contribution in [0.4, 0.5) is 11.4 Å². The number of esters is 1. The largest absolute Gasteiger partial charge is 0.451 e. The summed E-state index contributed by atoms with van der Waals surface area (Å²) in [6, 6.07) is 12.4. The highest BCUT2D eigenvalue weighted by Gasteiger charge is 2.21. The minimum Gasteiger partial charge on any atom is -0.451 e. The molecule has 0 heterocycles. The molecule has 1 atom stereocenters. The Hall–Kier alpha value is -3.75. The number of rotatable bonds is 7. The van der Waals surface area contributed by atoms with Crippen LogP contribution < -0.4 is 10.6 Å². The predicted octanol–water partition coefficient (Wildman–Crippen LogP) is 2.20. The van der Waals surface area contributed by atoms with Crippen LogP contribution in [0.5, 0.6) is 0 Å². The summed E-state index contributed by atoms with van der Waals surface area (Å²) < 4.78 is 4.95. The maximum Gasteiger partial charge on any atom is 0.326 e. The summed E-state index contributed by atoms with van der Waals surface area (Å²) in [6.45, 7) is 2.79. The van der Waals surface area contributed by atoms with Crippen LogP contribution in [0.1, 0.15) is 22.8 Å². The lowest BCUT2D eigenvalue weighted by Crippen LogP contribution is -2.35. The van der Waals surface area contributed by atoms with Gasteiger partial charge in [0.15, 0.2) is 6.10 Å². The monoisotopic (exact) mass is 385 g/mol. The second-order valence-electron chi connectivity index (χ2n) is 5.94. The molecule has 0 radical (unpaired) electrons. The number of nitrogens with zero attached hydrogens (tertiary/aromatic N) is 1. The number of hydrogen-bond acceptors (Lipinski definition) is 6. The second-order valence-corrected chi connectivity index (χ2v) is 5.94. The Bertz CT molecular complexity index is 895. The molecular formula is C19H19N3O6. The number of para-hydroxylation sites is 2. The van der Waals surface area contributed by atoms with Crippen molar-refractivity contribution in [1.29, 1.82) is 0 Å². The van der Waals surface area contributed by atoms with Gasteiger partial charge in [-0.05, 0) is 32.0 Å². The van der Waals surface area contributed by atoms with E-state index >= 15 is 0 Å². The standard InChI is InChI=1S/C19H19N3O6/c1-12-7-9-14(10-8-12)19(25)20-11-17(23)28-13(2)18(24)21-15-5-3-4-6-16(15)22(26)27/h3-10,13H,11H2,1-2H3,(H,20,25)(H,21,24). The molecule has 1 unspecified atom stereocenters. The van der Waals surface area contributed by atoms with E-state index in [4.69, 9.17) is 4.74 Å². The van der Waals surface area contributed by atoms with E-state index in [1.54, 1.807) is 24.3 Å². The van der Waals surface area contributed by atoms with Crippen LogP contribution in [0.15, 0.2) is 48.5 Å². The van der Waals surface area contributed by atoms with Crippen LogP contribution in [0, 0.1) is 17.0 Å². The van der Waals surface area contributed by atoms with Crippen molar-refractivity contribution in [1.82, 2.24) is 5.32 Å². The molecule has 2 N–H and O–H groups in total. The average Bonchev–Trinajstić information content (AvgIpc) is 2.66. The summed E-state index contributed by atoms with van der Waals surface area (Å²) >= 11 is 0. The molecule has 0 aliphatic heterocycles. The lowest BCUT2D eigenvalue weighted by molar-refractivity contribution is -0.383. The second kappa shape index (κ2) is 9.26. The van der Waals surface area contributed by atoms with Crippen LogP contribution in [-0.2, 0) is 14.3 Å². The van der Waals surface area contributed by atoms with Gasteiger partial charge in [-0.2, -0.15) is 0 Å². The Morgan fingerprint density at radius 1 is 1.11 bits per heavy atom. The number of carbonyl (C=O) groups excluding carboxylic acids is 3. The highest BCUT2D eigenvalue weighted by Crippen LogP contribution is 2.23. The van der Waals surface area contributed by atoms with E-state index in [1.807, 2.05) is 6.92 Å². The molecule has 28 heavy (non-hydrogen) atoms. The molecule has 2 aromatic rings. The number of amides is 2. The Labute approximate surface area is 160 Å². The number of benzene rings is 2. The smallest absolute Gasteiger partial charge is 0.326 e. The van der Waals surface area contributed by atoms with Crippen LogP contribution in [0.2, 0.25) is 0 Å². The number of carbonyl (C=O) groups is 3. The van der Waals surface area contributed by atoms with Crippen LogP contribution in [0.25, 0.3) is 0 Å². The van der Waals surface area contributed by atoms with E-state index in [0.717, 1.165) is 5.56 Å². The fourth-order valence-electron chi connectivity index (χ4n) is 2.22. The lowest BCUT2D eigenvalue weighted by atomic mass is 10.1. The SMILES string of the molecule is Cc1ccc(C(=O)NCC(=O)OC(C)C(=O)Nc2ccccc2[N+](=O)[O-])cc1. The third-order valence-corrected chi connectivity index (χ3v) is 3.74. The molecule has 2 rings (SSSR count). The molecule has 0 saturated carbocycles. The molecule has 2 amide bonds. The van der Waals surface area contributed by atoms with Crippen molar-refractivity contribution in [3.05, 3.63) is 69.8 Å². The summed E-state index contributed by atoms with van der Waals surface area (Å²) in [5.74, 6) is -1.99. The van der Waals surface area contributed by atoms with Crippen molar-refractivity contribution < 1.29 is 24.0 Å². The predicted molar refractivity (Wildman–Crippen MR) is 101 cm³/mol. The van der Waals surface area contributed by atoms with E-state index in [1.165, 1.54) is 31.2 Å². The zero-order chi connectivity index (χ0) is 20.7. The van der Waals surface area contributed by atoms with E-state index in [2.05, 4.69) is 10.6 Å². The van der Waals surface area contributed by atoms with Crippen molar-refractivity contribution in [2.75, 3.05) is 11.9 Å². The number of aryl methyl sites for hydroxylation is 1. The maximum atomic E-state index is 12.1. The van der Waals surface area contributed by atoms with Gasteiger partial charge in [-0.1, -0.05) is 29.8 Å². The Kier molecular flexibility index (Phi) is 6.80. The molecule has 0 aliphatic carbocycles. The van der Waals surface area contributed by atoms with Crippen LogP contribution >= 0.6 is 0 Å². The Morgan fingerprint density at radius 2 is 1.75 bits per heavy atom. The average molecular weight is 385 g/mol. The number of anilines is 1. The van der Waals surface area contributed by atoms with E-state index < -0.39 is 35.4 Å². The number of ether oxygens (including phenoxy) is 1. The van der Waals surface area contributed by atoms with Gasteiger partial charge in [0.2, 0.25) is 0 Å². The number of nitro groups is 1. The number of hydrogen-bond donors (Lipinski definition) is 2. The molecule has 0 aromatic heterocycles. The topological polar surface area (TPSA) is 128 Å². The van der Waals surface area contributed by atoms with E-state index in [-0.39, 0.29) is 11.4 Å². The lowest BCUT2D eigenvalue weighted by Gasteiger charge is -2.14. The highest BCUT2D eigenvalue weighted by atomic mass is 16.6. The van der Waals surface area contributed by atoms with Crippen molar-refractivity contribution in [3.63, 3.8) is 0 Å². The zero-order valence-electron chi connectivity index (χ0n) is 15.3. The summed E-state index contributed by atoms with van der Waals surface area (Å²) in [5.41, 5.74) is 1.10. The summed E-state index contributed by atoms with van der Waals surface area (Å²) in [5, 5.41) is 15.7. The molecule has 0 aliphatic rings. The Balaban J connectivity index is 1.86. The van der Waals surface area contributed by atoms with Crippen molar-refractivity contribution in [2.24, 2.45) is 0 Å². The summed E-state index contributed by atoms with van der Waals surface area (Å²) in [6.07, 6.45) is -1.21. The van der Waals surface area contributed by atoms with Gasteiger partial charge in [-0.25, -0.2) is 0 Å². The first kappa shape index (κ1) is 20.6. The van der Waals surface area contributed by atoms with Gasteiger partial charge in [0, 0.05) is 11.6 Å². The van der Waals surface area contributed by atoms with Crippen LogP contribution in [0.3, 0.4) is 0 Å². The van der Waals surface area contributed by atoms with Gasteiger partial charge in [0.1, 0.15) is 12.2 Å². The molecule has 0 saturated heterocycles. The van der Waals surface area contributed by atoms with Gasteiger partial charge < -0.3 is 15.4 Å². The molecule has 0 fully saturated rings. The quantitative estimate of drug-likeness (QED) is 0.427. The minimum atomic E-state index is -1.21. The zero-order valence-corrected chi connectivity index (χ0v) is 15.3. The van der Waals surface area contributed by atoms with Gasteiger partial charge >= 0.3 is 5.97 Å². The summed E-state index contributed by atoms with van der Waals surface area (Å²) in [7, 11) is 0. The van der Waals surface area contributed by atoms with Crippen molar-refractivity contribution in [2.45, 2.75) is 20.0 Å². The number of nitrogens with one attached hydrogen (secondary N) is 2. The van der Waals surface area contributed by atoms with Gasteiger partial charge in [-0.3, -0.25) is 24.5 Å². The normalized spacial score (nSPS) is 11.2. The first-order valence-corrected chi connectivity index (χ1v) is 8.36.